The Morgan fingerprint density at radius 2 is 1.63 bits per heavy atom. The van der Waals surface area contributed by atoms with Gasteiger partial charge in [0.15, 0.2) is 0 Å². The van der Waals surface area contributed by atoms with E-state index in [4.69, 9.17) is 46.4 Å². The fourth-order valence-electron chi connectivity index (χ4n) is 3.47. The van der Waals surface area contributed by atoms with Crippen LogP contribution in [0.4, 0.5) is 0 Å². The van der Waals surface area contributed by atoms with Crippen molar-refractivity contribution in [3.05, 3.63) is 104 Å². The maximum atomic E-state index is 13.4. The summed E-state index contributed by atoms with van der Waals surface area (Å²) in [4.78, 5) is 13.4. The van der Waals surface area contributed by atoms with E-state index in [0.717, 1.165) is 16.8 Å². The van der Waals surface area contributed by atoms with Crippen molar-refractivity contribution >= 4 is 58.0 Å². The summed E-state index contributed by atoms with van der Waals surface area (Å²) in [5.74, 6) is -0.643. The molecule has 1 amide bonds. The summed E-state index contributed by atoms with van der Waals surface area (Å²) in [6.07, 6.45) is 0.409. The first kappa shape index (κ1) is 21.2. The van der Waals surface area contributed by atoms with Gasteiger partial charge in [0.05, 0.1) is 28.2 Å². The minimum absolute atomic E-state index is 0.142. The van der Waals surface area contributed by atoms with Gasteiger partial charge in [-0.1, -0.05) is 82.8 Å². The van der Waals surface area contributed by atoms with Gasteiger partial charge in [-0.3, -0.25) is 4.79 Å². The lowest BCUT2D eigenvalue weighted by molar-refractivity contribution is -0.134. The van der Waals surface area contributed by atoms with Crippen LogP contribution in [0, 0.1) is 0 Å². The first-order valence-corrected chi connectivity index (χ1v) is 10.8. The molecule has 0 bridgehead atoms. The molecule has 0 spiro atoms. The van der Waals surface area contributed by atoms with Gasteiger partial charge in [0.2, 0.25) is 0 Å². The Kier molecular flexibility index (Phi) is 6.35. The van der Waals surface area contributed by atoms with E-state index >= 15 is 0 Å². The molecule has 7 heteroatoms. The molecular formula is C23H16Cl4N2O. The second-order valence-electron chi connectivity index (χ2n) is 6.98. The van der Waals surface area contributed by atoms with Crippen LogP contribution in [0.2, 0.25) is 20.1 Å². The van der Waals surface area contributed by atoms with Gasteiger partial charge < -0.3 is 0 Å². The zero-order chi connectivity index (χ0) is 21.3. The maximum Gasteiger partial charge on any atom is 0.250 e. The maximum absolute atomic E-state index is 13.4. The smallest absolute Gasteiger partial charge is 0.250 e. The van der Waals surface area contributed by atoms with E-state index in [2.05, 4.69) is 5.10 Å². The molecule has 30 heavy (non-hydrogen) atoms. The van der Waals surface area contributed by atoms with E-state index in [1.54, 1.807) is 30.3 Å². The molecule has 1 aliphatic rings. The van der Waals surface area contributed by atoms with E-state index in [1.165, 1.54) is 5.01 Å². The number of hydrogen-bond acceptors (Lipinski definition) is 2. The molecule has 1 heterocycles. The minimum atomic E-state index is -0.501. The van der Waals surface area contributed by atoms with Gasteiger partial charge in [0.1, 0.15) is 0 Å². The van der Waals surface area contributed by atoms with E-state index < -0.39 is 5.92 Å². The predicted molar refractivity (Wildman–Crippen MR) is 124 cm³/mol. The van der Waals surface area contributed by atoms with Crippen molar-refractivity contribution in [2.75, 3.05) is 0 Å². The molecule has 0 fully saturated rings. The fourth-order valence-corrected chi connectivity index (χ4v) is 4.25. The number of carbonyl (C=O) groups excluding carboxylic acids is 1. The first-order valence-electron chi connectivity index (χ1n) is 9.25. The minimum Gasteiger partial charge on any atom is -0.272 e. The van der Waals surface area contributed by atoms with E-state index in [9.17, 15) is 4.79 Å². The molecule has 0 aliphatic carbocycles. The van der Waals surface area contributed by atoms with Gasteiger partial charge in [-0.2, -0.15) is 5.10 Å². The highest BCUT2D eigenvalue weighted by atomic mass is 35.5. The zero-order valence-electron chi connectivity index (χ0n) is 15.7. The average Bonchev–Trinajstić information content (AvgIpc) is 2.72. The molecule has 3 aromatic carbocycles. The van der Waals surface area contributed by atoms with Gasteiger partial charge in [0.25, 0.3) is 5.91 Å². The van der Waals surface area contributed by atoms with Gasteiger partial charge >= 0.3 is 0 Å². The number of hydrazone groups is 1. The van der Waals surface area contributed by atoms with Crippen LogP contribution in [0.25, 0.3) is 0 Å². The molecule has 3 aromatic rings. The number of benzene rings is 3. The lowest BCUT2D eigenvalue weighted by Gasteiger charge is -2.30. The van der Waals surface area contributed by atoms with Crippen molar-refractivity contribution in [3.8, 4) is 0 Å². The predicted octanol–water partition coefficient (Wildman–Crippen LogP) is 7.22. The van der Waals surface area contributed by atoms with E-state index in [-0.39, 0.29) is 5.91 Å². The third-order valence-corrected chi connectivity index (χ3v) is 6.27. The number of amides is 1. The van der Waals surface area contributed by atoms with Crippen LogP contribution in [0.15, 0.2) is 71.8 Å². The van der Waals surface area contributed by atoms with Crippen molar-refractivity contribution in [2.24, 2.45) is 5.10 Å². The first-order chi connectivity index (χ1) is 14.4. The summed E-state index contributed by atoms with van der Waals surface area (Å²) in [6, 6.07) is 20.1. The Labute approximate surface area is 194 Å². The molecule has 0 saturated heterocycles. The van der Waals surface area contributed by atoms with Crippen LogP contribution in [0.1, 0.15) is 29.0 Å². The highest BCUT2D eigenvalue weighted by Gasteiger charge is 2.34. The van der Waals surface area contributed by atoms with Gasteiger partial charge in [-0.25, -0.2) is 5.01 Å². The van der Waals surface area contributed by atoms with Crippen LogP contribution in [0.3, 0.4) is 0 Å². The van der Waals surface area contributed by atoms with Crippen molar-refractivity contribution < 1.29 is 4.79 Å². The summed E-state index contributed by atoms with van der Waals surface area (Å²) < 4.78 is 0. The van der Waals surface area contributed by atoms with Crippen molar-refractivity contribution in [3.63, 3.8) is 0 Å². The summed E-state index contributed by atoms with van der Waals surface area (Å²) >= 11 is 24.8. The van der Waals surface area contributed by atoms with Crippen LogP contribution in [-0.2, 0) is 11.3 Å². The van der Waals surface area contributed by atoms with Gasteiger partial charge in [-0.05, 0) is 47.0 Å². The quantitative estimate of drug-likeness (QED) is 0.390. The van der Waals surface area contributed by atoms with Gasteiger partial charge in [0, 0.05) is 16.5 Å². The summed E-state index contributed by atoms with van der Waals surface area (Å²) in [6.45, 7) is 0.297. The second-order valence-corrected chi connectivity index (χ2v) is 8.64. The van der Waals surface area contributed by atoms with Crippen LogP contribution < -0.4 is 0 Å². The fraction of sp³-hybridized carbons (Fsp3) is 0.130. The molecule has 4 rings (SSSR count). The molecule has 0 radical (unpaired) electrons. The number of halogens is 4. The average molecular weight is 478 g/mol. The molecule has 1 atom stereocenters. The highest BCUT2D eigenvalue weighted by molar-refractivity contribution is 6.42. The molecular weight excluding hydrogens is 462 g/mol. The Balaban J connectivity index is 1.76. The highest BCUT2D eigenvalue weighted by Crippen LogP contribution is 2.37. The Morgan fingerprint density at radius 3 is 2.37 bits per heavy atom. The normalized spacial score (nSPS) is 16.5. The van der Waals surface area contributed by atoms with Crippen LogP contribution in [-0.4, -0.2) is 16.6 Å². The molecule has 0 saturated carbocycles. The second kappa shape index (κ2) is 8.99. The lowest BCUT2D eigenvalue weighted by Crippen LogP contribution is -2.37. The lowest BCUT2D eigenvalue weighted by atomic mass is 9.88. The zero-order valence-corrected chi connectivity index (χ0v) is 18.7. The molecule has 1 aliphatic heterocycles. The molecule has 0 aromatic heterocycles. The van der Waals surface area contributed by atoms with Gasteiger partial charge in [-0.15, -0.1) is 0 Å². The van der Waals surface area contributed by atoms with E-state index in [0.29, 0.717) is 38.6 Å². The largest absolute Gasteiger partial charge is 0.272 e. The summed E-state index contributed by atoms with van der Waals surface area (Å²) in [5, 5.41) is 8.17. The van der Waals surface area contributed by atoms with E-state index in [1.807, 2.05) is 36.4 Å². The number of hydrogen-bond donors (Lipinski definition) is 0. The number of nitrogens with zero attached hydrogens (tertiary/aromatic N) is 2. The number of rotatable bonds is 4. The monoisotopic (exact) mass is 476 g/mol. The molecule has 152 valence electrons. The molecule has 0 N–H and O–H groups in total. The Bertz CT molecular complexity index is 1130. The molecule has 3 nitrogen and oxygen atoms in total. The van der Waals surface area contributed by atoms with Crippen molar-refractivity contribution in [1.82, 2.24) is 5.01 Å². The summed E-state index contributed by atoms with van der Waals surface area (Å²) in [7, 11) is 0. The SMILES string of the molecule is O=C1[C@@H](c2cccc(Cl)c2Cl)CC(c2ccc(Cl)cc2)=NN1Cc1cccc(Cl)c1. The molecule has 0 unspecified atom stereocenters. The van der Waals surface area contributed by atoms with Crippen LogP contribution >= 0.6 is 46.4 Å². The number of carbonyl (C=O) groups is 1. The Morgan fingerprint density at radius 1 is 0.900 bits per heavy atom. The van der Waals surface area contributed by atoms with Crippen molar-refractivity contribution in [1.29, 1.82) is 0 Å². The third-order valence-electron chi connectivity index (χ3n) is 4.95. The standard InChI is InChI=1S/C23H16Cl4N2O/c24-16-9-7-15(8-10-16)21-12-19(18-5-2-6-20(26)22(18)27)23(30)29(28-21)13-14-3-1-4-17(25)11-14/h1-11,19H,12-13H2/t19-/m1/s1. The Hall–Kier alpha value is -2.04. The topological polar surface area (TPSA) is 32.7 Å². The third kappa shape index (κ3) is 4.50. The summed E-state index contributed by atoms with van der Waals surface area (Å²) in [5.41, 5.74) is 3.24. The van der Waals surface area contributed by atoms with Crippen LogP contribution in [0.5, 0.6) is 0 Å². The van der Waals surface area contributed by atoms with Crippen molar-refractivity contribution in [2.45, 2.75) is 18.9 Å².